The quantitative estimate of drug-likeness (QED) is 0.523. The molecule has 1 aromatic carbocycles. The molecule has 0 spiro atoms. The van der Waals surface area contributed by atoms with Gasteiger partial charge in [-0.3, -0.25) is 28.5 Å². The number of hydrogen-bond donors (Lipinski definition) is 0. The molecule has 0 radical (unpaired) electrons. The molecule has 0 unspecified atom stereocenters. The first kappa shape index (κ1) is 22.5. The lowest BCUT2D eigenvalue weighted by molar-refractivity contribution is -0.119. The van der Waals surface area contributed by atoms with Crippen molar-refractivity contribution in [2.24, 2.45) is 14.1 Å². The minimum Gasteiger partial charge on any atom is -0.303 e. The van der Waals surface area contributed by atoms with E-state index in [0.29, 0.717) is 36.6 Å². The number of aromatic nitrogens is 4. The van der Waals surface area contributed by atoms with E-state index in [0.717, 1.165) is 50.3 Å². The van der Waals surface area contributed by atoms with Gasteiger partial charge in [-0.2, -0.15) is 4.98 Å². The fourth-order valence-corrected chi connectivity index (χ4v) is 5.00. The van der Waals surface area contributed by atoms with Crippen LogP contribution in [-0.2, 0) is 32.0 Å². The normalized spacial score (nSPS) is 17.5. The maximum absolute atomic E-state index is 12.8. The molecule has 3 aromatic rings. The second kappa shape index (κ2) is 9.19. The third-order valence-electron chi connectivity index (χ3n) is 6.99. The molecule has 1 saturated heterocycles. The topological polar surface area (TPSA) is 88.6 Å². The molecule has 0 bridgehead atoms. The Balaban J connectivity index is 1.23. The van der Waals surface area contributed by atoms with Crippen molar-refractivity contribution in [2.45, 2.75) is 25.9 Å². The largest absolute Gasteiger partial charge is 0.332 e. The van der Waals surface area contributed by atoms with Gasteiger partial charge < -0.3 is 9.47 Å². The van der Waals surface area contributed by atoms with E-state index in [1.54, 1.807) is 16.5 Å². The molecule has 1 amide bonds. The Labute approximate surface area is 197 Å². The Morgan fingerprint density at radius 1 is 0.853 bits per heavy atom. The van der Waals surface area contributed by atoms with E-state index in [-0.39, 0.29) is 11.5 Å². The summed E-state index contributed by atoms with van der Waals surface area (Å²) in [4.78, 5) is 49.0. The fourth-order valence-electron chi connectivity index (χ4n) is 5.00. The molecule has 34 heavy (non-hydrogen) atoms. The number of anilines is 1. The molecule has 2 aliphatic rings. The molecule has 0 atom stereocenters. The standard InChI is InChI=1S/C24H31N7O3/c1-26-21-20(22(33)27(2)24(26)34)31-12-9-19(32)30(23(31)25-21)11-6-10-28-13-15-29(16-14-28)17-18-7-4-3-5-8-18/h3-5,7-8H,6,9-17H2,1-2H3. The van der Waals surface area contributed by atoms with Crippen LogP contribution in [-0.4, -0.2) is 73.7 Å². The number of amides is 1. The van der Waals surface area contributed by atoms with Crippen LogP contribution in [0.3, 0.4) is 0 Å². The smallest absolute Gasteiger partial charge is 0.303 e. The summed E-state index contributed by atoms with van der Waals surface area (Å²) in [6, 6.07) is 10.6. The number of nitrogens with zero attached hydrogens (tertiary/aromatic N) is 7. The first-order valence-electron chi connectivity index (χ1n) is 11.9. The van der Waals surface area contributed by atoms with Crippen molar-refractivity contribution in [3.8, 4) is 0 Å². The van der Waals surface area contributed by atoms with Gasteiger partial charge in [-0.05, 0) is 18.5 Å². The first-order chi connectivity index (χ1) is 16.4. The zero-order valence-electron chi connectivity index (χ0n) is 19.8. The number of fused-ring (bicyclic) bond motifs is 3. The second-order valence-electron chi connectivity index (χ2n) is 9.19. The van der Waals surface area contributed by atoms with Crippen molar-refractivity contribution < 1.29 is 4.79 Å². The van der Waals surface area contributed by atoms with E-state index in [1.165, 1.54) is 17.2 Å². The first-order valence-corrected chi connectivity index (χ1v) is 11.9. The van der Waals surface area contributed by atoms with Crippen molar-refractivity contribution in [1.82, 2.24) is 28.5 Å². The third kappa shape index (κ3) is 4.07. The molecule has 0 N–H and O–H groups in total. The summed E-state index contributed by atoms with van der Waals surface area (Å²) in [5, 5.41) is 0. The Hall–Kier alpha value is -3.24. The van der Waals surface area contributed by atoms with Crippen molar-refractivity contribution in [2.75, 3.05) is 44.2 Å². The average Bonchev–Trinajstić information content (AvgIpc) is 3.24. The second-order valence-corrected chi connectivity index (χ2v) is 9.19. The van der Waals surface area contributed by atoms with Gasteiger partial charge in [0, 0.05) is 66.3 Å². The highest BCUT2D eigenvalue weighted by molar-refractivity contribution is 5.95. The maximum Gasteiger partial charge on any atom is 0.332 e. The monoisotopic (exact) mass is 465 g/mol. The van der Waals surface area contributed by atoms with Crippen molar-refractivity contribution in [3.05, 3.63) is 56.7 Å². The van der Waals surface area contributed by atoms with Gasteiger partial charge in [0.15, 0.2) is 11.2 Å². The van der Waals surface area contributed by atoms with Crippen LogP contribution in [0.25, 0.3) is 11.2 Å². The number of aryl methyl sites for hydroxylation is 2. The molecule has 180 valence electrons. The number of benzene rings is 1. The lowest BCUT2D eigenvalue weighted by atomic mass is 10.2. The van der Waals surface area contributed by atoms with Gasteiger partial charge in [0.2, 0.25) is 11.9 Å². The van der Waals surface area contributed by atoms with E-state index in [1.807, 2.05) is 6.07 Å². The van der Waals surface area contributed by atoms with Gasteiger partial charge in [0.1, 0.15) is 0 Å². The van der Waals surface area contributed by atoms with Crippen LogP contribution in [0.15, 0.2) is 39.9 Å². The van der Waals surface area contributed by atoms with Crippen LogP contribution < -0.4 is 16.1 Å². The summed E-state index contributed by atoms with van der Waals surface area (Å²) in [7, 11) is 3.07. The van der Waals surface area contributed by atoms with Crippen LogP contribution in [0.1, 0.15) is 18.4 Å². The average molecular weight is 466 g/mol. The molecule has 5 rings (SSSR count). The molecule has 4 heterocycles. The van der Waals surface area contributed by atoms with Crippen molar-refractivity contribution >= 4 is 23.0 Å². The molecule has 0 aliphatic carbocycles. The Bertz CT molecular complexity index is 1320. The van der Waals surface area contributed by atoms with Crippen molar-refractivity contribution in [3.63, 3.8) is 0 Å². The Kier molecular flexibility index (Phi) is 6.09. The predicted molar refractivity (Wildman–Crippen MR) is 130 cm³/mol. The minimum absolute atomic E-state index is 0.0114. The predicted octanol–water partition coefficient (Wildman–Crippen LogP) is 0.378. The number of hydrogen-bond acceptors (Lipinski definition) is 6. The van der Waals surface area contributed by atoms with E-state index >= 15 is 0 Å². The number of carbonyl (C=O) groups excluding carboxylic acids is 1. The molecule has 2 aliphatic heterocycles. The summed E-state index contributed by atoms with van der Waals surface area (Å²) in [5.74, 6) is 0.481. The number of imidazole rings is 1. The van der Waals surface area contributed by atoms with E-state index < -0.39 is 5.69 Å². The zero-order valence-corrected chi connectivity index (χ0v) is 19.8. The van der Waals surface area contributed by atoms with Gasteiger partial charge in [-0.1, -0.05) is 30.3 Å². The van der Waals surface area contributed by atoms with Crippen LogP contribution in [0, 0.1) is 0 Å². The molecular formula is C24H31N7O3. The van der Waals surface area contributed by atoms with E-state index in [9.17, 15) is 14.4 Å². The molecular weight excluding hydrogens is 434 g/mol. The van der Waals surface area contributed by atoms with Gasteiger partial charge in [-0.25, -0.2) is 4.79 Å². The lowest BCUT2D eigenvalue weighted by Crippen LogP contribution is -2.47. The summed E-state index contributed by atoms with van der Waals surface area (Å²) in [6.45, 7) is 6.92. The number of carbonyl (C=O) groups is 1. The van der Waals surface area contributed by atoms with Crippen LogP contribution in [0.5, 0.6) is 0 Å². The summed E-state index contributed by atoms with van der Waals surface area (Å²) < 4.78 is 4.26. The molecule has 1 fully saturated rings. The van der Waals surface area contributed by atoms with Gasteiger partial charge in [0.25, 0.3) is 5.56 Å². The highest BCUT2D eigenvalue weighted by atomic mass is 16.2. The zero-order chi connectivity index (χ0) is 23.8. The molecule has 0 saturated carbocycles. The van der Waals surface area contributed by atoms with Crippen LogP contribution in [0.2, 0.25) is 0 Å². The SMILES string of the molecule is Cn1c(=O)c2c(nc3n2CCC(=O)N3CCCN2CCN(Cc3ccccc3)CC2)n(C)c1=O. The molecule has 2 aromatic heterocycles. The number of rotatable bonds is 6. The van der Waals surface area contributed by atoms with E-state index in [2.05, 4.69) is 39.0 Å². The van der Waals surface area contributed by atoms with Gasteiger partial charge in [0.05, 0.1) is 0 Å². The minimum atomic E-state index is -0.419. The fraction of sp³-hybridized carbons (Fsp3) is 0.500. The number of piperazine rings is 1. The lowest BCUT2D eigenvalue weighted by Gasteiger charge is -2.35. The Morgan fingerprint density at radius 2 is 1.56 bits per heavy atom. The highest BCUT2D eigenvalue weighted by Crippen LogP contribution is 2.25. The molecule has 10 nitrogen and oxygen atoms in total. The van der Waals surface area contributed by atoms with Gasteiger partial charge in [-0.15, -0.1) is 0 Å². The van der Waals surface area contributed by atoms with Crippen LogP contribution in [0.4, 0.5) is 5.95 Å². The van der Waals surface area contributed by atoms with Gasteiger partial charge >= 0.3 is 5.69 Å². The third-order valence-corrected chi connectivity index (χ3v) is 6.99. The maximum atomic E-state index is 12.8. The summed E-state index contributed by atoms with van der Waals surface area (Å²) in [5.41, 5.74) is 1.26. The highest BCUT2D eigenvalue weighted by Gasteiger charge is 2.30. The Morgan fingerprint density at radius 3 is 2.29 bits per heavy atom. The van der Waals surface area contributed by atoms with Crippen molar-refractivity contribution in [1.29, 1.82) is 0 Å². The molecule has 10 heteroatoms. The summed E-state index contributed by atoms with van der Waals surface area (Å²) in [6.07, 6.45) is 1.15. The van der Waals surface area contributed by atoms with Crippen LogP contribution >= 0.6 is 0 Å². The summed E-state index contributed by atoms with van der Waals surface area (Å²) >= 11 is 0. The van der Waals surface area contributed by atoms with E-state index in [4.69, 9.17) is 0 Å².